The summed E-state index contributed by atoms with van der Waals surface area (Å²) in [6, 6.07) is 8.48. The van der Waals surface area contributed by atoms with Gasteiger partial charge in [0.25, 0.3) is 0 Å². The molecule has 0 aliphatic rings. The van der Waals surface area contributed by atoms with E-state index >= 15 is 0 Å². The van der Waals surface area contributed by atoms with Gasteiger partial charge in [-0.25, -0.2) is 4.79 Å². The van der Waals surface area contributed by atoms with E-state index < -0.39 is 6.04 Å². The van der Waals surface area contributed by atoms with E-state index in [1.54, 1.807) is 38.1 Å². The Balaban J connectivity index is 2.67. The zero-order valence-electron chi connectivity index (χ0n) is 10.8. The van der Waals surface area contributed by atoms with E-state index in [1.807, 2.05) is 6.07 Å². The van der Waals surface area contributed by atoms with E-state index in [9.17, 15) is 9.59 Å². The van der Waals surface area contributed by atoms with Gasteiger partial charge in [0.05, 0.1) is 7.11 Å². The summed E-state index contributed by atoms with van der Waals surface area (Å²) in [5, 5.41) is 2.90. The first-order chi connectivity index (χ1) is 8.54. The van der Waals surface area contributed by atoms with Gasteiger partial charge in [0.15, 0.2) is 5.78 Å². The molecule has 18 heavy (non-hydrogen) atoms. The largest absolute Gasteiger partial charge is 0.467 e. The van der Waals surface area contributed by atoms with E-state index in [1.165, 1.54) is 13.2 Å². The predicted octanol–water partition coefficient (Wildman–Crippen LogP) is 1.92. The molecule has 0 radical (unpaired) electrons. The summed E-state index contributed by atoms with van der Waals surface area (Å²) in [5.41, 5.74) is 1.24. The van der Waals surface area contributed by atoms with Crippen LogP contribution < -0.4 is 5.32 Å². The van der Waals surface area contributed by atoms with Crippen LogP contribution in [0, 0.1) is 0 Å². The molecule has 0 saturated carbocycles. The molecule has 1 unspecified atom stereocenters. The number of esters is 1. The normalized spacial score (nSPS) is 12.7. The molecule has 1 rings (SSSR count). The summed E-state index contributed by atoms with van der Waals surface area (Å²) in [7, 11) is 1.33. The predicted molar refractivity (Wildman–Crippen MR) is 69.1 cm³/mol. The molecule has 0 aliphatic heterocycles. The quantitative estimate of drug-likeness (QED) is 0.490. The van der Waals surface area contributed by atoms with E-state index in [4.69, 9.17) is 0 Å². The van der Waals surface area contributed by atoms with Gasteiger partial charge in [-0.05, 0) is 13.8 Å². The maximum absolute atomic E-state index is 11.8. The van der Waals surface area contributed by atoms with Crippen LogP contribution in [0.3, 0.4) is 0 Å². The van der Waals surface area contributed by atoms with E-state index in [2.05, 4.69) is 10.1 Å². The number of ketones is 1. The summed E-state index contributed by atoms with van der Waals surface area (Å²) in [6.07, 6.45) is 1.47. The van der Waals surface area contributed by atoms with Crippen molar-refractivity contribution in [1.82, 2.24) is 5.32 Å². The van der Waals surface area contributed by atoms with Crippen LogP contribution in [0.25, 0.3) is 0 Å². The number of nitrogens with one attached hydrogen (secondary N) is 1. The standard InChI is InChI=1S/C14H17NO3/c1-10(15-11(2)14(17)18-3)9-13(16)12-7-5-4-6-8-12/h4-9,11,15H,1-3H3/b10-9-. The van der Waals surface area contributed by atoms with Gasteiger partial charge in [0.1, 0.15) is 6.04 Å². The molecule has 4 heteroatoms. The zero-order valence-corrected chi connectivity index (χ0v) is 10.8. The maximum Gasteiger partial charge on any atom is 0.327 e. The monoisotopic (exact) mass is 247 g/mol. The van der Waals surface area contributed by atoms with Crippen molar-refractivity contribution in [2.75, 3.05) is 7.11 Å². The molecule has 0 aliphatic carbocycles. The van der Waals surface area contributed by atoms with Gasteiger partial charge in [-0.1, -0.05) is 30.3 Å². The number of methoxy groups -OCH3 is 1. The SMILES string of the molecule is COC(=O)C(C)N/C(C)=C\C(=O)c1ccccc1. The summed E-state index contributed by atoms with van der Waals surface area (Å²) < 4.78 is 4.59. The molecule has 4 nitrogen and oxygen atoms in total. The average molecular weight is 247 g/mol. The van der Waals surface area contributed by atoms with Crippen LogP contribution in [0.5, 0.6) is 0 Å². The number of carbonyl (C=O) groups is 2. The van der Waals surface area contributed by atoms with E-state index in [0.717, 1.165) is 0 Å². The van der Waals surface area contributed by atoms with Crippen molar-refractivity contribution in [1.29, 1.82) is 0 Å². The van der Waals surface area contributed by atoms with Crippen molar-refractivity contribution in [3.8, 4) is 0 Å². The minimum atomic E-state index is -0.477. The highest BCUT2D eigenvalue weighted by Crippen LogP contribution is 2.03. The third-order valence-electron chi connectivity index (χ3n) is 2.40. The number of rotatable bonds is 5. The fourth-order valence-corrected chi connectivity index (χ4v) is 1.50. The highest BCUT2D eigenvalue weighted by Gasteiger charge is 2.12. The van der Waals surface area contributed by atoms with Gasteiger partial charge in [-0.15, -0.1) is 0 Å². The molecule has 0 aromatic heterocycles. The fourth-order valence-electron chi connectivity index (χ4n) is 1.50. The van der Waals surface area contributed by atoms with Crippen molar-refractivity contribution >= 4 is 11.8 Å². The second-order valence-corrected chi connectivity index (χ2v) is 3.95. The Kier molecular flexibility index (Phi) is 5.11. The summed E-state index contributed by atoms with van der Waals surface area (Å²) in [6.45, 7) is 3.41. The van der Waals surface area contributed by atoms with Crippen LogP contribution in [0.15, 0.2) is 42.1 Å². The molecule has 0 fully saturated rings. The number of allylic oxidation sites excluding steroid dienone is 2. The van der Waals surface area contributed by atoms with Crippen molar-refractivity contribution in [3.63, 3.8) is 0 Å². The lowest BCUT2D eigenvalue weighted by molar-refractivity contribution is -0.142. The number of hydrogen-bond acceptors (Lipinski definition) is 4. The fraction of sp³-hybridized carbons (Fsp3) is 0.286. The van der Waals surface area contributed by atoms with Crippen LogP contribution in [-0.2, 0) is 9.53 Å². The summed E-state index contributed by atoms with van der Waals surface area (Å²) in [4.78, 5) is 23.0. The van der Waals surface area contributed by atoms with Crippen LogP contribution >= 0.6 is 0 Å². The number of carbonyl (C=O) groups excluding carboxylic acids is 2. The van der Waals surface area contributed by atoms with E-state index in [-0.39, 0.29) is 11.8 Å². The van der Waals surface area contributed by atoms with Gasteiger partial charge in [-0.2, -0.15) is 0 Å². The lowest BCUT2D eigenvalue weighted by Gasteiger charge is -2.12. The van der Waals surface area contributed by atoms with Crippen LogP contribution in [-0.4, -0.2) is 24.9 Å². The average Bonchev–Trinajstić information content (AvgIpc) is 2.38. The van der Waals surface area contributed by atoms with Crippen molar-refractivity contribution in [2.45, 2.75) is 19.9 Å². The second-order valence-electron chi connectivity index (χ2n) is 3.95. The molecule has 0 heterocycles. The number of benzene rings is 1. The Morgan fingerprint density at radius 3 is 2.44 bits per heavy atom. The zero-order chi connectivity index (χ0) is 13.5. The first-order valence-electron chi connectivity index (χ1n) is 5.66. The van der Waals surface area contributed by atoms with Gasteiger partial charge >= 0.3 is 5.97 Å². The lowest BCUT2D eigenvalue weighted by Crippen LogP contribution is -2.33. The Bertz CT molecular complexity index is 451. The summed E-state index contributed by atoms with van der Waals surface area (Å²) >= 11 is 0. The van der Waals surface area contributed by atoms with Gasteiger partial charge in [-0.3, -0.25) is 4.79 Å². The molecule has 1 aromatic rings. The Hall–Kier alpha value is -2.10. The molecule has 0 spiro atoms. The minimum absolute atomic E-state index is 0.0994. The number of ether oxygens (including phenoxy) is 1. The Labute approximate surface area is 107 Å². The smallest absolute Gasteiger partial charge is 0.327 e. The highest BCUT2D eigenvalue weighted by molar-refractivity contribution is 6.04. The molecule has 0 saturated heterocycles. The molecule has 1 atom stereocenters. The van der Waals surface area contributed by atoms with Crippen molar-refractivity contribution in [2.24, 2.45) is 0 Å². The second kappa shape index (κ2) is 6.59. The van der Waals surface area contributed by atoms with Gasteiger partial charge < -0.3 is 10.1 Å². The van der Waals surface area contributed by atoms with Gasteiger partial charge in [0, 0.05) is 17.3 Å². The molecule has 1 N–H and O–H groups in total. The van der Waals surface area contributed by atoms with Crippen LogP contribution in [0.4, 0.5) is 0 Å². The molecule has 1 aromatic carbocycles. The molecular weight excluding hydrogens is 230 g/mol. The molecule has 0 bridgehead atoms. The third kappa shape index (κ3) is 4.05. The Morgan fingerprint density at radius 1 is 1.28 bits per heavy atom. The van der Waals surface area contributed by atoms with Gasteiger partial charge in [0.2, 0.25) is 0 Å². The van der Waals surface area contributed by atoms with Crippen LogP contribution in [0.1, 0.15) is 24.2 Å². The first-order valence-corrected chi connectivity index (χ1v) is 5.66. The molecule has 0 amide bonds. The highest BCUT2D eigenvalue weighted by atomic mass is 16.5. The maximum atomic E-state index is 11.8. The molecular formula is C14H17NO3. The summed E-state index contributed by atoms with van der Waals surface area (Å²) in [5.74, 6) is -0.465. The van der Waals surface area contributed by atoms with Crippen molar-refractivity contribution in [3.05, 3.63) is 47.7 Å². The third-order valence-corrected chi connectivity index (χ3v) is 2.40. The first kappa shape index (κ1) is 14.0. The minimum Gasteiger partial charge on any atom is -0.467 e. The van der Waals surface area contributed by atoms with Crippen molar-refractivity contribution < 1.29 is 14.3 Å². The van der Waals surface area contributed by atoms with Crippen LogP contribution in [0.2, 0.25) is 0 Å². The van der Waals surface area contributed by atoms with E-state index in [0.29, 0.717) is 11.3 Å². The topological polar surface area (TPSA) is 55.4 Å². The number of hydrogen-bond donors (Lipinski definition) is 1. The Morgan fingerprint density at radius 2 is 1.89 bits per heavy atom. The lowest BCUT2D eigenvalue weighted by atomic mass is 10.1. The molecule has 96 valence electrons.